The Hall–Kier alpha value is -2.75. The predicted octanol–water partition coefficient (Wildman–Crippen LogP) is 4.50. The number of nitriles is 1. The zero-order chi connectivity index (χ0) is 18.9. The third kappa shape index (κ3) is 3.57. The first-order valence-electron chi connectivity index (χ1n) is 8.69. The van der Waals surface area contributed by atoms with Crippen LogP contribution in [0.25, 0.3) is 0 Å². The van der Waals surface area contributed by atoms with E-state index in [2.05, 4.69) is 37.3 Å². The summed E-state index contributed by atoms with van der Waals surface area (Å²) in [5.74, 6) is 0.560. The normalized spacial score (nSPS) is 15.6. The van der Waals surface area contributed by atoms with E-state index in [1.54, 1.807) is 36.5 Å². The van der Waals surface area contributed by atoms with Crippen LogP contribution in [0.2, 0.25) is 0 Å². The minimum absolute atomic E-state index is 0.149. The van der Waals surface area contributed by atoms with Crippen LogP contribution in [0.1, 0.15) is 29.7 Å². The Kier molecular flexibility index (Phi) is 4.65. The molecule has 1 unspecified atom stereocenters. The fourth-order valence-electron chi connectivity index (χ4n) is 3.19. The molecule has 27 heavy (non-hydrogen) atoms. The molecule has 1 aliphatic rings. The van der Waals surface area contributed by atoms with Crippen LogP contribution in [-0.4, -0.2) is 15.1 Å². The summed E-state index contributed by atoms with van der Waals surface area (Å²) in [7, 11) is 0. The van der Waals surface area contributed by atoms with E-state index in [1.807, 2.05) is 24.3 Å². The largest absolute Gasteiger partial charge is 0.378 e. The second kappa shape index (κ2) is 7.10. The van der Waals surface area contributed by atoms with Gasteiger partial charge < -0.3 is 10.4 Å². The van der Waals surface area contributed by atoms with Gasteiger partial charge in [-0.15, -0.1) is 0 Å². The van der Waals surface area contributed by atoms with Gasteiger partial charge in [0.1, 0.15) is 5.60 Å². The van der Waals surface area contributed by atoms with Gasteiger partial charge >= 0.3 is 0 Å². The van der Waals surface area contributed by atoms with E-state index in [-0.39, 0.29) is 5.92 Å². The van der Waals surface area contributed by atoms with E-state index in [1.165, 1.54) is 0 Å². The van der Waals surface area contributed by atoms with Gasteiger partial charge in [-0.05, 0) is 66.8 Å². The molecule has 1 heterocycles. The summed E-state index contributed by atoms with van der Waals surface area (Å²) in [6.07, 6.45) is 3.59. The number of halogens is 1. The van der Waals surface area contributed by atoms with Crippen LogP contribution in [0.5, 0.6) is 0 Å². The number of aliphatic hydroxyl groups is 1. The Bertz CT molecular complexity index is 994. The highest BCUT2D eigenvalue weighted by Crippen LogP contribution is 2.49. The van der Waals surface area contributed by atoms with Gasteiger partial charge in [0, 0.05) is 16.4 Å². The van der Waals surface area contributed by atoms with Crippen LogP contribution in [0.15, 0.2) is 65.3 Å². The van der Waals surface area contributed by atoms with Gasteiger partial charge in [0.2, 0.25) is 5.95 Å². The van der Waals surface area contributed by atoms with E-state index in [0.717, 1.165) is 28.6 Å². The zero-order valence-electron chi connectivity index (χ0n) is 14.4. The molecule has 2 N–H and O–H groups in total. The topological polar surface area (TPSA) is 81.8 Å². The number of anilines is 2. The van der Waals surface area contributed by atoms with Crippen molar-refractivity contribution in [1.82, 2.24) is 9.97 Å². The SMILES string of the molecule is N#Cc1ccc(Nc2nccc(C(O)(c3ccc(Br)cc3)C3CC3)n2)cc1. The van der Waals surface area contributed by atoms with Gasteiger partial charge in [-0.2, -0.15) is 5.26 Å². The number of benzene rings is 2. The number of hydrogen-bond donors (Lipinski definition) is 2. The number of nitrogens with zero attached hydrogens (tertiary/aromatic N) is 3. The molecule has 3 aromatic rings. The van der Waals surface area contributed by atoms with Gasteiger partial charge in [0.25, 0.3) is 0 Å². The van der Waals surface area contributed by atoms with Crippen molar-refractivity contribution in [2.24, 2.45) is 5.92 Å². The van der Waals surface area contributed by atoms with Crippen LogP contribution < -0.4 is 5.32 Å². The Morgan fingerprint density at radius 1 is 1.07 bits per heavy atom. The average molecular weight is 421 g/mol. The van der Waals surface area contributed by atoms with Crippen molar-refractivity contribution in [2.75, 3.05) is 5.32 Å². The van der Waals surface area contributed by atoms with Gasteiger partial charge in [0.15, 0.2) is 0 Å². The molecule has 0 aliphatic heterocycles. The van der Waals surface area contributed by atoms with Crippen molar-refractivity contribution in [2.45, 2.75) is 18.4 Å². The van der Waals surface area contributed by atoms with E-state index < -0.39 is 5.60 Å². The molecule has 6 heteroatoms. The number of hydrogen-bond acceptors (Lipinski definition) is 5. The molecular formula is C21H17BrN4O. The minimum Gasteiger partial charge on any atom is -0.378 e. The Balaban J connectivity index is 1.67. The van der Waals surface area contributed by atoms with Crippen LogP contribution in [-0.2, 0) is 5.60 Å². The van der Waals surface area contributed by atoms with Crippen molar-refractivity contribution in [3.8, 4) is 6.07 Å². The number of aromatic nitrogens is 2. The van der Waals surface area contributed by atoms with Gasteiger partial charge in [-0.25, -0.2) is 9.97 Å². The summed E-state index contributed by atoms with van der Waals surface area (Å²) in [6, 6.07) is 18.6. The van der Waals surface area contributed by atoms with E-state index in [9.17, 15) is 5.11 Å². The molecule has 0 radical (unpaired) electrons. The highest BCUT2D eigenvalue weighted by Gasteiger charge is 2.47. The maximum Gasteiger partial charge on any atom is 0.227 e. The molecule has 5 nitrogen and oxygen atoms in total. The standard InChI is InChI=1S/C21H17BrN4O/c22-17-7-5-16(6-8-17)21(27,15-3-4-15)19-11-12-24-20(26-19)25-18-9-1-14(13-23)2-10-18/h1-2,5-12,15,27H,3-4H2,(H,24,25,26). The second-order valence-corrected chi connectivity index (χ2v) is 7.54. The minimum atomic E-state index is -1.13. The fourth-order valence-corrected chi connectivity index (χ4v) is 3.45. The maximum atomic E-state index is 11.6. The van der Waals surface area contributed by atoms with Gasteiger partial charge in [0.05, 0.1) is 17.3 Å². The Labute approximate surface area is 165 Å². The van der Waals surface area contributed by atoms with Crippen LogP contribution in [0, 0.1) is 17.2 Å². The summed E-state index contributed by atoms with van der Waals surface area (Å²) in [5.41, 5.74) is 1.65. The van der Waals surface area contributed by atoms with Crippen molar-refractivity contribution in [3.63, 3.8) is 0 Å². The molecule has 134 valence electrons. The highest BCUT2D eigenvalue weighted by molar-refractivity contribution is 9.10. The average Bonchev–Trinajstić information content (AvgIpc) is 3.54. The first-order chi connectivity index (χ1) is 13.1. The molecule has 1 fully saturated rings. The molecule has 0 amide bonds. The lowest BCUT2D eigenvalue weighted by Crippen LogP contribution is -2.31. The molecule has 1 saturated carbocycles. The lowest BCUT2D eigenvalue weighted by Gasteiger charge is -2.28. The molecule has 1 atom stereocenters. The molecule has 1 aromatic heterocycles. The van der Waals surface area contributed by atoms with E-state index in [4.69, 9.17) is 5.26 Å². The van der Waals surface area contributed by atoms with Crippen molar-refractivity contribution < 1.29 is 5.11 Å². The lowest BCUT2D eigenvalue weighted by atomic mass is 9.85. The summed E-state index contributed by atoms with van der Waals surface area (Å²) < 4.78 is 0.968. The maximum absolute atomic E-state index is 11.6. The first-order valence-corrected chi connectivity index (χ1v) is 9.48. The van der Waals surface area contributed by atoms with E-state index in [0.29, 0.717) is 17.2 Å². The molecule has 0 spiro atoms. The van der Waals surface area contributed by atoms with Crippen molar-refractivity contribution in [3.05, 3.63) is 82.1 Å². The molecule has 1 aliphatic carbocycles. The highest BCUT2D eigenvalue weighted by atomic mass is 79.9. The Morgan fingerprint density at radius 2 is 1.78 bits per heavy atom. The summed E-state index contributed by atoms with van der Waals surface area (Å²) in [4.78, 5) is 8.87. The lowest BCUT2D eigenvalue weighted by molar-refractivity contribution is 0.0519. The number of nitrogens with one attached hydrogen (secondary N) is 1. The third-order valence-electron chi connectivity index (χ3n) is 4.77. The van der Waals surface area contributed by atoms with E-state index >= 15 is 0 Å². The molecular weight excluding hydrogens is 404 g/mol. The van der Waals surface area contributed by atoms with Crippen LogP contribution in [0.3, 0.4) is 0 Å². The molecule has 4 rings (SSSR count). The molecule has 2 aromatic carbocycles. The van der Waals surface area contributed by atoms with Crippen LogP contribution >= 0.6 is 15.9 Å². The van der Waals surface area contributed by atoms with Crippen LogP contribution in [0.4, 0.5) is 11.6 Å². The van der Waals surface area contributed by atoms with Crippen molar-refractivity contribution in [1.29, 1.82) is 5.26 Å². The van der Waals surface area contributed by atoms with Gasteiger partial charge in [-0.3, -0.25) is 0 Å². The predicted molar refractivity (Wildman–Crippen MR) is 106 cm³/mol. The number of rotatable bonds is 5. The van der Waals surface area contributed by atoms with Gasteiger partial charge in [-0.1, -0.05) is 28.1 Å². The quantitative estimate of drug-likeness (QED) is 0.634. The summed E-state index contributed by atoms with van der Waals surface area (Å²) in [6.45, 7) is 0. The van der Waals surface area contributed by atoms with Crippen molar-refractivity contribution >= 4 is 27.6 Å². The first kappa shape index (κ1) is 17.7. The Morgan fingerprint density at radius 3 is 2.41 bits per heavy atom. The smallest absolute Gasteiger partial charge is 0.227 e. The summed E-state index contributed by atoms with van der Waals surface area (Å²) >= 11 is 3.44. The third-order valence-corrected chi connectivity index (χ3v) is 5.30. The zero-order valence-corrected chi connectivity index (χ0v) is 16.0. The summed E-state index contributed by atoms with van der Waals surface area (Å²) in [5, 5.41) is 23.6. The monoisotopic (exact) mass is 420 g/mol. The fraction of sp³-hybridized carbons (Fsp3) is 0.190. The molecule has 0 saturated heterocycles. The molecule has 0 bridgehead atoms. The second-order valence-electron chi connectivity index (χ2n) is 6.63.